The Morgan fingerprint density at radius 2 is 1.72 bits per heavy atom. The van der Waals surface area contributed by atoms with E-state index in [1.54, 1.807) is 5.56 Å². The van der Waals surface area contributed by atoms with Crippen molar-refractivity contribution >= 4 is 0 Å². The van der Waals surface area contributed by atoms with E-state index < -0.39 is 0 Å². The van der Waals surface area contributed by atoms with Crippen LogP contribution in [-0.4, -0.2) is 0 Å². The van der Waals surface area contributed by atoms with Crippen molar-refractivity contribution in [1.29, 1.82) is 0 Å². The third-order valence-corrected chi connectivity index (χ3v) is 4.57. The lowest BCUT2D eigenvalue weighted by atomic mass is 9.74. The second-order valence-electron chi connectivity index (χ2n) is 5.91. The van der Waals surface area contributed by atoms with Crippen molar-refractivity contribution in [3.8, 4) is 0 Å². The molecule has 18 heavy (non-hydrogen) atoms. The van der Waals surface area contributed by atoms with E-state index in [2.05, 4.69) is 37.3 Å². The molecule has 0 saturated heterocycles. The summed E-state index contributed by atoms with van der Waals surface area (Å²) in [5.74, 6) is 1.79. The summed E-state index contributed by atoms with van der Waals surface area (Å²) >= 11 is 0. The smallest absolute Gasteiger partial charge is 0.0134 e. The van der Waals surface area contributed by atoms with E-state index in [9.17, 15) is 0 Å². The van der Waals surface area contributed by atoms with Crippen LogP contribution < -0.4 is 0 Å². The van der Waals surface area contributed by atoms with Gasteiger partial charge in [0.1, 0.15) is 0 Å². The summed E-state index contributed by atoms with van der Waals surface area (Å²) in [6.07, 6.45) is 12.9. The van der Waals surface area contributed by atoms with Gasteiger partial charge in [0.25, 0.3) is 0 Å². The van der Waals surface area contributed by atoms with Gasteiger partial charge in [-0.2, -0.15) is 0 Å². The Morgan fingerprint density at radius 1 is 1.00 bits per heavy atom. The van der Waals surface area contributed by atoms with E-state index in [0.717, 1.165) is 11.8 Å². The third-order valence-electron chi connectivity index (χ3n) is 4.57. The van der Waals surface area contributed by atoms with Gasteiger partial charge in [0.15, 0.2) is 0 Å². The first-order chi connectivity index (χ1) is 8.92. The molecule has 1 atom stereocenters. The fraction of sp³-hybridized carbons (Fsp3) is 0.667. The average Bonchev–Trinajstić information content (AvgIpc) is 2.46. The van der Waals surface area contributed by atoms with Crippen LogP contribution in [0, 0.1) is 5.92 Å². The standard InChI is InChI=1S/C18H28/c1-2-3-6-15-18(16-11-7-4-8-12-16)17-13-9-5-10-14-17/h4,7-8,11-12,17-18H,2-3,5-6,9-10,13-15H2,1H3. The molecule has 0 nitrogen and oxygen atoms in total. The van der Waals surface area contributed by atoms with Gasteiger partial charge in [-0.15, -0.1) is 0 Å². The summed E-state index contributed by atoms with van der Waals surface area (Å²) in [6.45, 7) is 2.30. The minimum atomic E-state index is 0.832. The highest BCUT2D eigenvalue weighted by molar-refractivity contribution is 5.20. The van der Waals surface area contributed by atoms with Crippen molar-refractivity contribution < 1.29 is 0 Å². The predicted octanol–water partition coefficient (Wildman–Crippen LogP) is 5.93. The maximum absolute atomic E-state index is 2.35. The molecule has 0 bridgehead atoms. The average molecular weight is 244 g/mol. The van der Waals surface area contributed by atoms with E-state index in [0.29, 0.717) is 0 Å². The van der Waals surface area contributed by atoms with Gasteiger partial charge in [0, 0.05) is 0 Å². The first kappa shape index (κ1) is 13.6. The van der Waals surface area contributed by atoms with Gasteiger partial charge in [-0.1, -0.05) is 75.8 Å². The van der Waals surface area contributed by atoms with Crippen LogP contribution in [0.2, 0.25) is 0 Å². The van der Waals surface area contributed by atoms with Gasteiger partial charge in [0.2, 0.25) is 0 Å². The molecule has 1 aliphatic carbocycles. The zero-order valence-corrected chi connectivity index (χ0v) is 11.9. The molecule has 0 radical (unpaired) electrons. The molecule has 0 aliphatic heterocycles. The van der Waals surface area contributed by atoms with E-state index in [-0.39, 0.29) is 0 Å². The van der Waals surface area contributed by atoms with Gasteiger partial charge >= 0.3 is 0 Å². The van der Waals surface area contributed by atoms with Crippen molar-refractivity contribution in [3.63, 3.8) is 0 Å². The third kappa shape index (κ3) is 3.86. The molecule has 1 saturated carbocycles. The largest absolute Gasteiger partial charge is 0.0654 e. The Morgan fingerprint density at radius 3 is 2.39 bits per heavy atom. The molecule has 1 aliphatic rings. The first-order valence-corrected chi connectivity index (χ1v) is 7.96. The molecule has 1 aromatic rings. The lowest BCUT2D eigenvalue weighted by molar-refractivity contribution is 0.289. The summed E-state index contributed by atoms with van der Waals surface area (Å²) < 4.78 is 0. The molecule has 100 valence electrons. The Labute approximate surface area is 113 Å². The predicted molar refractivity (Wildman–Crippen MR) is 79.9 cm³/mol. The molecule has 2 rings (SSSR count). The summed E-state index contributed by atoms with van der Waals surface area (Å²) in [6, 6.07) is 11.3. The number of unbranched alkanes of at least 4 members (excludes halogenated alkanes) is 2. The van der Waals surface area contributed by atoms with E-state index in [1.165, 1.54) is 57.8 Å². The van der Waals surface area contributed by atoms with Crippen molar-refractivity contribution in [2.24, 2.45) is 5.92 Å². The molecule has 0 spiro atoms. The molecule has 1 unspecified atom stereocenters. The van der Waals surface area contributed by atoms with Crippen molar-refractivity contribution in [2.75, 3.05) is 0 Å². The Kier molecular flexibility index (Phi) is 5.77. The van der Waals surface area contributed by atoms with E-state index in [1.807, 2.05) is 0 Å². The van der Waals surface area contributed by atoms with Crippen LogP contribution in [0.5, 0.6) is 0 Å². The lowest BCUT2D eigenvalue weighted by Gasteiger charge is -2.31. The summed E-state index contributed by atoms with van der Waals surface area (Å²) in [7, 11) is 0. The highest BCUT2D eigenvalue weighted by Gasteiger charge is 2.24. The highest BCUT2D eigenvalue weighted by Crippen LogP contribution is 2.39. The van der Waals surface area contributed by atoms with Crippen molar-refractivity contribution in [2.45, 2.75) is 70.6 Å². The SMILES string of the molecule is CCCCCC(c1ccccc1)C1CCCCC1. The zero-order valence-electron chi connectivity index (χ0n) is 11.9. The van der Waals surface area contributed by atoms with Crippen LogP contribution in [0.3, 0.4) is 0 Å². The number of hydrogen-bond donors (Lipinski definition) is 0. The quantitative estimate of drug-likeness (QED) is 0.544. The van der Waals surface area contributed by atoms with Crippen LogP contribution in [-0.2, 0) is 0 Å². The zero-order chi connectivity index (χ0) is 12.6. The molecular weight excluding hydrogens is 216 g/mol. The minimum absolute atomic E-state index is 0.832. The molecule has 0 heteroatoms. The lowest BCUT2D eigenvalue weighted by Crippen LogP contribution is -2.16. The molecule has 0 amide bonds. The maximum atomic E-state index is 2.35. The Balaban J connectivity index is 2.01. The van der Waals surface area contributed by atoms with Gasteiger partial charge < -0.3 is 0 Å². The molecule has 0 aromatic heterocycles. The second-order valence-corrected chi connectivity index (χ2v) is 5.91. The second kappa shape index (κ2) is 7.61. The molecule has 0 N–H and O–H groups in total. The maximum Gasteiger partial charge on any atom is -0.0134 e. The van der Waals surface area contributed by atoms with Crippen LogP contribution in [0.15, 0.2) is 30.3 Å². The number of rotatable bonds is 6. The fourth-order valence-electron chi connectivity index (χ4n) is 3.53. The van der Waals surface area contributed by atoms with Crippen LogP contribution in [0.4, 0.5) is 0 Å². The molecule has 0 heterocycles. The topological polar surface area (TPSA) is 0 Å². The van der Waals surface area contributed by atoms with Crippen LogP contribution in [0.1, 0.15) is 76.2 Å². The minimum Gasteiger partial charge on any atom is -0.0654 e. The van der Waals surface area contributed by atoms with Crippen LogP contribution >= 0.6 is 0 Å². The summed E-state index contributed by atoms with van der Waals surface area (Å²) in [4.78, 5) is 0. The van der Waals surface area contributed by atoms with Crippen LogP contribution in [0.25, 0.3) is 0 Å². The Hall–Kier alpha value is -0.780. The van der Waals surface area contributed by atoms with Crippen molar-refractivity contribution in [1.82, 2.24) is 0 Å². The highest BCUT2D eigenvalue weighted by atomic mass is 14.3. The number of hydrogen-bond acceptors (Lipinski definition) is 0. The molecule has 1 aromatic carbocycles. The van der Waals surface area contributed by atoms with Crippen molar-refractivity contribution in [3.05, 3.63) is 35.9 Å². The normalized spacial score (nSPS) is 18.7. The summed E-state index contributed by atoms with van der Waals surface area (Å²) in [5, 5.41) is 0. The van der Waals surface area contributed by atoms with Gasteiger partial charge in [-0.3, -0.25) is 0 Å². The van der Waals surface area contributed by atoms with E-state index >= 15 is 0 Å². The van der Waals surface area contributed by atoms with Gasteiger partial charge in [0.05, 0.1) is 0 Å². The summed E-state index contributed by atoms with van der Waals surface area (Å²) in [5.41, 5.74) is 1.60. The fourth-order valence-corrected chi connectivity index (χ4v) is 3.53. The van der Waals surface area contributed by atoms with Gasteiger partial charge in [-0.05, 0) is 36.7 Å². The molecule has 1 fully saturated rings. The first-order valence-electron chi connectivity index (χ1n) is 7.96. The monoisotopic (exact) mass is 244 g/mol. The number of benzene rings is 1. The Bertz CT molecular complexity index is 308. The molecular formula is C18H28. The van der Waals surface area contributed by atoms with Gasteiger partial charge in [-0.25, -0.2) is 0 Å². The van der Waals surface area contributed by atoms with E-state index in [4.69, 9.17) is 0 Å².